The minimum atomic E-state index is -3.19. The summed E-state index contributed by atoms with van der Waals surface area (Å²) in [5, 5.41) is -0.179. The van der Waals surface area contributed by atoms with Crippen LogP contribution in [-0.2, 0) is 14.8 Å². The van der Waals surface area contributed by atoms with E-state index in [1.54, 1.807) is 7.11 Å². The van der Waals surface area contributed by atoms with E-state index < -0.39 is 10.0 Å². The lowest BCUT2D eigenvalue weighted by Gasteiger charge is -2.60. The maximum absolute atomic E-state index is 12.7. The molecular weight excluding hydrogens is 310 g/mol. The average molecular weight is 342 g/mol. The molecule has 0 amide bonds. The second-order valence-corrected chi connectivity index (χ2v) is 10.6. The van der Waals surface area contributed by atoms with Crippen LogP contribution in [0.25, 0.3) is 0 Å². The minimum absolute atomic E-state index is 0.179. The van der Waals surface area contributed by atoms with Gasteiger partial charge in [0.15, 0.2) is 0 Å². The summed E-state index contributed by atoms with van der Waals surface area (Å²) in [6, 6.07) is 0. The summed E-state index contributed by atoms with van der Waals surface area (Å²) in [4.78, 5) is 0. The summed E-state index contributed by atoms with van der Waals surface area (Å²) in [7, 11) is -1.39. The average Bonchev–Trinajstić information content (AvgIpc) is 2.55. The van der Waals surface area contributed by atoms with E-state index in [-0.39, 0.29) is 10.9 Å². The molecule has 0 radical (unpaired) electrons. The van der Waals surface area contributed by atoms with Crippen LogP contribution in [0.2, 0.25) is 0 Å². The van der Waals surface area contributed by atoms with Gasteiger partial charge in [-0.3, -0.25) is 0 Å². The number of sulfonamides is 1. The van der Waals surface area contributed by atoms with Crippen molar-refractivity contribution in [2.45, 2.75) is 75.1 Å². The van der Waals surface area contributed by atoms with Gasteiger partial charge in [0.2, 0.25) is 10.0 Å². The van der Waals surface area contributed by atoms with Gasteiger partial charge in [0.25, 0.3) is 0 Å². The van der Waals surface area contributed by atoms with Gasteiger partial charge in [-0.05, 0) is 68.6 Å². The largest absolute Gasteiger partial charge is 0.376 e. The monoisotopic (exact) mass is 341 g/mol. The van der Waals surface area contributed by atoms with Crippen LogP contribution < -0.4 is 4.72 Å². The normalized spacial score (nSPS) is 43.9. The molecule has 0 spiro atoms. The molecule has 23 heavy (non-hydrogen) atoms. The fraction of sp³-hybridized carbons (Fsp3) is 1.00. The van der Waals surface area contributed by atoms with Gasteiger partial charge in [-0.1, -0.05) is 19.3 Å². The first-order valence-corrected chi connectivity index (χ1v) is 11.1. The van der Waals surface area contributed by atoms with Crippen molar-refractivity contribution in [3.8, 4) is 0 Å². The molecule has 132 valence electrons. The number of nitrogens with one attached hydrogen (secondary N) is 1. The van der Waals surface area contributed by atoms with E-state index in [4.69, 9.17) is 4.74 Å². The number of rotatable bonds is 5. The van der Waals surface area contributed by atoms with Crippen molar-refractivity contribution in [1.29, 1.82) is 0 Å². The molecule has 1 N–H and O–H groups in total. The van der Waals surface area contributed by atoms with Gasteiger partial charge in [-0.15, -0.1) is 0 Å². The van der Waals surface area contributed by atoms with Crippen molar-refractivity contribution < 1.29 is 13.2 Å². The first kappa shape index (κ1) is 16.3. The third-order valence-electron chi connectivity index (χ3n) is 7.44. The number of methoxy groups -OCH3 is 1. The van der Waals surface area contributed by atoms with Gasteiger partial charge in [0, 0.05) is 13.7 Å². The SMILES string of the molecule is COC1(CNS(=O)(=O)C2CCCCC2)C2CC3CC(C2)CC1C3. The minimum Gasteiger partial charge on any atom is -0.376 e. The topological polar surface area (TPSA) is 55.4 Å². The quantitative estimate of drug-likeness (QED) is 0.836. The lowest BCUT2D eigenvalue weighted by Crippen LogP contribution is -2.63. The first-order chi connectivity index (χ1) is 11.0. The fourth-order valence-corrected chi connectivity index (χ4v) is 8.00. The zero-order chi connectivity index (χ0) is 16.1. The molecule has 0 unspecified atom stereocenters. The Labute approximate surface area is 140 Å². The van der Waals surface area contributed by atoms with Crippen molar-refractivity contribution in [1.82, 2.24) is 4.72 Å². The van der Waals surface area contributed by atoms with E-state index in [1.165, 1.54) is 38.5 Å². The zero-order valence-corrected chi connectivity index (χ0v) is 15.1. The van der Waals surface area contributed by atoms with Crippen LogP contribution in [0, 0.1) is 23.7 Å². The van der Waals surface area contributed by atoms with Crippen LogP contribution >= 0.6 is 0 Å². The molecule has 0 aliphatic heterocycles. The van der Waals surface area contributed by atoms with Gasteiger partial charge < -0.3 is 4.74 Å². The summed E-state index contributed by atoms with van der Waals surface area (Å²) in [6.07, 6.45) is 11.3. The van der Waals surface area contributed by atoms with Crippen LogP contribution in [0.5, 0.6) is 0 Å². The van der Waals surface area contributed by atoms with Crippen LogP contribution in [-0.4, -0.2) is 32.9 Å². The van der Waals surface area contributed by atoms with Gasteiger partial charge in [-0.25, -0.2) is 13.1 Å². The number of hydrogen-bond donors (Lipinski definition) is 1. The van der Waals surface area contributed by atoms with Crippen molar-refractivity contribution >= 4 is 10.0 Å². The molecule has 0 atom stereocenters. The summed E-state index contributed by atoms with van der Waals surface area (Å²) < 4.78 is 34.5. The molecule has 0 aromatic heterocycles. The molecule has 5 aliphatic rings. The van der Waals surface area contributed by atoms with Crippen LogP contribution in [0.15, 0.2) is 0 Å². The Morgan fingerprint density at radius 1 is 0.957 bits per heavy atom. The lowest BCUT2D eigenvalue weighted by atomic mass is 9.50. The standard InChI is InChI=1S/C18H31NO3S/c1-22-18(12-19-23(20,21)17-5-3-2-4-6-17)15-8-13-7-14(10-15)11-16(18)9-13/h13-17,19H,2-12H2,1H3. The van der Waals surface area contributed by atoms with Crippen LogP contribution in [0.4, 0.5) is 0 Å². The highest BCUT2D eigenvalue weighted by Gasteiger charge is 2.57. The van der Waals surface area contributed by atoms with Gasteiger partial charge in [-0.2, -0.15) is 0 Å². The molecule has 5 rings (SSSR count). The highest BCUT2D eigenvalue weighted by Crippen LogP contribution is 2.59. The van der Waals surface area contributed by atoms with E-state index in [0.29, 0.717) is 18.4 Å². The Balaban J connectivity index is 1.48. The molecule has 0 saturated heterocycles. The molecule has 5 saturated carbocycles. The predicted molar refractivity (Wildman–Crippen MR) is 90.6 cm³/mol. The Hall–Kier alpha value is -0.130. The highest BCUT2D eigenvalue weighted by atomic mass is 32.2. The maximum Gasteiger partial charge on any atom is 0.214 e. The van der Waals surface area contributed by atoms with E-state index in [0.717, 1.165) is 37.5 Å². The van der Waals surface area contributed by atoms with E-state index in [9.17, 15) is 8.42 Å². The molecule has 5 heteroatoms. The molecule has 0 heterocycles. The lowest BCUT2D eigenvalue weighted by molar-refractivity contribution is -0.185. The summed E-state index contributed by atoms with van der Waals surface area (Å²) in [6.45, 7) is 0.497. The summed E-state index contributed by atoms with van der Waals surface area (Å²) in [5.41, 5.74) is -0.241. The molecule has 4 bridgehead atoms. The molecule has 5 aliphatic carbocycles. The second-order valence-electron chi connectivity index (χ2n) is 8.59. The third-order valence-corrected chi connectivity index (χ3v) is 9.34. The summed E-state index contributed by atoms with van der Waals surface area (Å²) >= 11 is 0. The summed E-state index contributed by atoms with van der Waals surface area (Å²) in [5.74, 6) is 2.85. The van der Waals surface area contributed by atoms with Gasteiger partial charge >= 0.3 is 0 Å². The van der Waals surface area contributed by atoms with Crippen molar-refractivity contribution in [2.24, 2.45) is 23.7 Å². The molecule has 5 fully saturated rings. The maximum atomic E-state index is 12.7. The Bertz CT molecular complexity index is 510. The van der Waals surface area contributed by atoms with Gasteiger partial charge in [0.05, 0.1) is 10.9 Å². The van der Waals surface area contributed by atoms with Crippen LogP contribution in [0.3, 0.4) is 0 Å². The van der Waals surface area contributed by atoms with Crippen molar-refractivity contribution in [3.05, 3.63) is 0 Å². The van der Waals surface area contributed by atoms with Crippen molar-refractivity contribution in [3.63, 3.8) is 0 Å². The smallest absolute Gasteiger partial charge is 0.214 e. The van der Waals surface area contributed by atoms with Crippen LogP contribution in [0.1, 0.15) is 64.2 Å². The van der Waals surface area contributed by atoms with Crippen molar-refractivity contribution in [2.75, 3.05) is 13.7 Å². The first-order valence-electron chi connectivity index (χ1n) is 9.57. The van der Waals surface area contributed by atoms with E-state index in [2.05, 4.69) is 4.72 Å². The number of hydrogen-bond acceptors (Lipinski definition) is 3. The fourth-order valence-electron chi connectivity index (χ4n) is 6.38. The molecule has 0 aromatic rings. The molecule has 4 nitrogen and oxygen atoms in total. The molecule has 0 aromatic carbocycles. The third kappa shape index (κ3) is 2.77. The second kappa shape index (κ2) is 5.99. The Morgan fingerprint density at radius 2 is 1.52 bits per heavy atom. The predicted octanol–water partition coefficient (Wildman–Crippen LogP) is 3.08. The Kier molecular flexibility index (Phi) is 4.26. The zero-order valence-electron chi connectivity index (χ0n) is 14.3. The molecular formula is C18H31NO3S. The number of ether oxygens (including phenoxy) is 1. The highest BCUT2D eigenvalue weighted by molar-refractivity contribution is 7.90. The van der Waals surface area contributed by atoms with E-state index >= 15 is 0 Å². The Morgan fingerprint density at radius 3 is 2.04 bits per heavy atom. The van der Waals surface area contributed by atoms with Gasteiger partial charge in [0.1, 0.15) is 0 Å². The van der Waals surface area contributed by atoms with E-state index in [1.807, 2.05) is 0 Å².